The van der Waals surface area contributed by atoms with Crippen molar-refractivity contribution in [2.75, 3.05) is 13.9 Å². The minimum atomic E-state index is 0.251. The molecule has 1 N–H and O–H groups in total. The summed E-state index contributed by atoms with van der Waals surface area (Å²) in [6.45, 7) is 1.79. The van der Waals surface area contributed by atoms with Gasteiger partial charge < -0.3 is 19.5 Å². The Morgan fingerprint density at radius 1 is 1.14 bits per heavy atom. The van der Waals surface area contributed by atoms with E-state index in [4.69, 9.17) is 14.2 Å². The Hall–Kier alpha value is -1.72. The molecule has 0 aliphatic carbocycles. The Bertz CT molecular complexity index is 645. The Morgan fingerprint density at radius 2 is 2.00 bits per heavy atom. The van der Waals surface area contributed by atoms with Gasteiger partial charge in [-0.1, -0.05) is 28.1 Å². The molecule has 0 amide bonds. The number of benzene rings is 2. The summed E-state index contributed by atoms with van der Waals surface area (Å²) >= 11 is 3.48. The summed E-state index contributed by atoms with van der Waals surface area (Å²) in [6.07, 6.45) is 0. The van der Waals surface area contributed by atoms with Crippen LogP contribution in [0, 0.1) is 0 Å². The smallest absolute Gasteiger partial charge is 0.231 e. The molecule has 5 heteroatoms. The highest BCUT2D eigenvalue weighted by molar-refractivity contribution is 9.10. The van der Waals surface area contributed by atoms with Gasteiger partial charge in [0, 0.05) is 17.6 Å². The number of ether oxygens (including phenoxy) is 3. The maximum atomic E-state index is 5.43. The van der Waals surface area contributed by atoms with Gasteiger partial charge in [-0.15, -0.1) is 0 Å². The lowest BCUT2D eigenvalue weighted by Crippen LogP contribution is -2.12. The summed E-state index contributed by atoms with van der Waals surface area (Å²) in [5.74, 6) is 2.14. The van der Waals surface area contributed by atoms with Crippen LogP contribution < -0.4 is 19.5 Å². The van der Waals surface area contributed by atoms with Crippen LogP contribution in [0.3, 0.4) is 0 Å². The molecule has 1 aliphatic rings. The second-order valence-corrected chi connectivity index (χ2v) is 5.68. The van der Waals surface area contributed by atoms with E-state index in [1.807, 2.05) is 24.3 Å². The van der Waals surface area contributed by atoms with Gasteiger partial charge in [-0.25, -0.2) is 0 Å². The summed E-state index contributed by atoms with van der Waals surface area (Å²) in [5, 5.41) is 3.41. The second-order valence-electron chi connectivity index (χ2n) is 4.77. The van der Waals surface area contributed by atoms with Crippen molar-refractivity contribution < 1.29 is 14.2 Å². The largest absolute Gasteiger partial charge is 0.493 e. The van der Waals surface area contributed by atoms with Crippen LogP contribution in [0.5, 0.6) is 17.2 Å². The molecule has 0 aromatic heterocycles. The predicted octanol–water partition coefficient (Wildman–Crippen LogP) is 3.48. The minimum Gasteiger partial charge on any atom is -0.493 e. The highest BCUT2D eigenvalue weighted by atomic mass is 79.9. The lowest BCUT2D eigenvalue weighted by molar-refractivity contribution is 0.171. The van der Waals surface area contributed by atoms with Gasteiger partial charge in [0.25, 0.3) is 0 Å². The monoisotopic (exact) mass is 349 g/mol. The first-order chi connectivity index (χ1) is 10.3. The SMILES string of the molecule is COc1cc(CNCc2cccc(Br)c2)cc2c1OCO2. The Labute approximate surface area is 132 Å². The standard InChI is InChI=1S/C16H16BrNO3/c1-19-14-6-12(7-15-16(14)21-10-20-15)9-18-8-11-3-2-4-13(17)5-11/h2-7,18H,8-10H2,1H3. The van der Waals surface area contributed by atoms with Crippen molar-refractivity contribution in [2.45, 2.75) is 13.1 Å². The first kappa shape index (κ1) is 14.2. The molecule has 0 radical (unpaired) electrons. The topological polar surface area (TPSA) is 39.7 Å². The molecule has 3 rings (SSSR count). The number of hydrogen-bond donors (Lipinski definition) is 1. The number of fused-ring (bicyclic) bond motifs is 1. The van der Waals surface area contributed by atoms with Crippen molar-refractivity contribution in [3.63, 3.8) is 0 Å². The number of rotatable bonds is 5. The van der Waals surface area contributed by atoms with E-state index in [0.717, 1.165) is 28.9 Å². The van der Waals surface area contributed by atoms with Gasteiger partial charge in [0.15, 0.2) is 11.5 Å². The fourth-order valence-corrected chi connectivity index (χ4v) is 2.73. The zero-order valence-electron chi connectivity index (χ0n) is 11.7. The highest BCUT2D eigenvalue weighted by Crippen LogP contribution is 2.41. The molecular weight excluding hydrogens is 334 g/mol. The summed E-state index contributed by atoms with van der Waals surface area (Å²) in [7, 11) is 1.63. The average molecular weight is 350 g/mol. The fourth-order valence-electron chi connectivity index (χ4n) is 2.28. The van der Waals surface area contributed by atoms with Crippen molar-refractivity contribution in [2.24, 2.45) is 0 Å². The van der Waals surface area contributed by atoms with Crippen molar-refractivity contribution in [3.05, 3.63) is 52.0 Å². The third-order valence-corrected chi connectivity index (χ3v) is 3.76. The maximum Gasteiger partial charge on any atom is 0.231 e. The van der Waals surface area contributed by atoms with E-state index in [-0.39, 0.29) is 6.79 Å². The lowest BCUT2D eigenvalue weighted by Gasteiger charge is -2.09. The molecule has 1 aliphatic heterocycles. The first-order valence-electron chi connectivity index (χ1n) is 6.68. The second kappa shape index (κ2) is 6.37. The van der Waals surface area contributed by atoms with E-state index in [9.17, 15) is 0 Å². The third-order valence-electron chi connectivity index (χ3n) is 3.27. The normalized spacial score (nSPS) is 12.5. The van der Waals surface area contributed by atoms with Gasteiger partial charge in [0.2, 0.25) is 12.5 Å². The summed E-state index contributed by atoms with van der Waals surface area (Å²) in [4.78, 5) is 0. The number of methoxy groups -OCH3 is 1. The zero-order valence-corrected chi connectivity index (χ0v) is 13.3. The molecule has 2 aromatic carbocycles. The van der Waals surface area contributed by atoms with Gasteiger partial charge in [-0.3, -0.25) is 0 Å². The molecule has 0 bridgehead atoms. The van der Waals surface area contributed by atoms with Gasteiger partial charge in [0.1, 0.15) is 0 Å². The molecule has 0 fully saturated rings. The third kappa shape index (κ3) is 3.31. The lowest BCUT2D eigenvalue weighted by atomic mass is 10.1. The van der Waals surface area contributed by atoms with Crippen LogP contribution >= 0.6 is 15.9 Å². The summed E-state index contributed by atoms with van der Waals surface area (Å²) in [5.41, 5.74) is 2.34. The molecule has 4 nitrogen and oxygen atoms in total. The Balaban J connectivity index is 1.66. The molecule has 110 valence electrons. The molecule has 0 saturated carbocycles. The van der Waals surface area contributed by atoms with Crippen molar-refractivity contribution in [1.82, 2.24) is 5.32 Å². The molecule has 0 saturated heterocycles. The molecule has 2 aromatic rings. The number of nitrogens with one attached hydrogen (secondary N) is 1. The van der Waals surface area contributed by atoms with Gasteiger partial charge >= 0.3 is 0 Å². The van der Waals surface area contributed by atoms with Gasteiger partial charge in [-0.2, -0.15) is 0 Å². The van der Waals surface area contributed by atoms with Crippen LogP contribution in [0.4, 0.5) is 0 Å². The summed E-state index contributed by atoms with van der Waals surface area (Å²) < 4.78 is 17.2. The first-order valence-corrected chi connectivity index (χ1v) is 7.47. The van der Waals surface area contributed by atoms with Crippen molar-refractivity contribution in [1.29, 1.82) is 0 Å². The van der Waals surface area contributed by atoms with Crippen LogP contribution in [0.25, 0.3) is 0 Å². The molecule has 0 atom stereocenters. The molecule has 1 heterocycles. The fraction of sp³-hybridized carbons (Fsp3) is 0.250. The number of hydrogen-bond acceptors (Lipinski definition) is 4. The minimum absolute atomic E-state index is 0.251. The highest BCUT2D eigenvalue weighted by Gasteiger charge is 2.19. The van der Waals surface area contributed by atoms with Crippen molar-refractivity contribution >= 4 is 15.9 Å². The van der Waals surface area contributed by atoms with E-state index in [1.54, 1.807) is 7.11 Å². The van der Waals surface area contributed by atoms with E-state index in [0.29, 0.717) is 11.5 Å². The van der Waals surface area contributed by atoms with Crippen molar-refractivity contribution in [3.8, 4) is 17.2 Å². The van der Waals surface area contributed by atoms with Crippen LogP contribution in [0.15, 0.2) is 40.9 Å². The van der Waals surface area contributed by atoms with E-state index >= 15 is 0 Å². The van der Waals surface area contributed by atoms with E-state index in [2.05, 4.69) is 33.4 Å². The van der Waals surface area contributed by atoms with Crippen LogP contribution in [0.2, 0.25) is 0 Å². The number of halogens is 1. The molecule has 21 heavy (non-hydrogen) atoms. The molecule has 0 spiro atoms. The summed E-state index contributed by atoms with van der Waals surface area (Å²) in [6, 6.07) is 12.2. The quantitative estimate of drug-likeness (QED) is 0.896. The van der Waals surface area contributed by atoms with E-state index < -0.39 is 0 Å². The molecular formula is C16H16BrNO3. The maximum absolute atomic E-state index is 5.43. The zero-order chi connectivity index (χ0) is 14.7. The van der Waals surface area contributed by atoms with Crippen LogP contribution in [-0.2, 0) is 13.1 Å². The predicted molar refractivity (Wildman–Crippen MR) is 83.8 cm³/mol. The van der Waals surface area contributed by atoms with Gasteiger partial charge in [-0.05, 0) is 35.4 Å². The Morgan fingerprint density at radius 3 is 2.81 bits per heavy atom. The van der Waals surface area contributed by atoms with Gasteiger partial charge in [0.05, 0.1) is 7.11 Å². The Kier molecular flexibility index (Phi) is 4.31. The van der Waals surface area contributed by atoms with Crippen LogP contribution in [-0.4, -0.2) is 13.9 Å². The average Bonchev–Trinajstić information content (AvgIpc) is 2.95. The van der Waals surface area contributed by atoms with E-state index in [1.165, 1.54) is 5.56 Å². The molecule has 0 unspecified atom stereocenters. The van der Waals surface area contributed by atoms with Crippen LogP contribution in [0.1, 0.15) is 11.1 Å².